The lowest BCUT2D eigenvalue weighted by Crippen LogP contribution is -2.30. The van der Waals surface area contributed by atoms with Gasteiger partial charge in [-0.1, -0.05) is 40.0 Å². The SMILES string of the molecule is CCCCCCc1nc(C)c2c(=O)[nH]c(-c3cc(S(=O)(=O)N(CC)CC)ccc3OCC)nn12. The van der Waals surface area contributed by atoms with Crippen LogP contribution in [0.15, 0.2) is 27.9 Å². The van der Waals surface area contributed by atoms with Crippen molar-refractivity contribution in [3.8, 4) is 17.1 Å². The Kier molecular flexibility index (Phi) is 8.48. The Labute approximate surface area is 201 Å². The molecular formula is C24H35N5O4S. The van der Waals surface area contributed by atoms with E-state index in [-0.39, 0.29) is 16.3 Å². The first kappa shape index (κ1) is 25.9. The zero-order valence-corrected chi connectivity index (χ0v) is 21.5. The minimum atomic E-state index is -3.70. The third-order valence-corrected chi connectivity index (χ3v) is 7.89. The molecule has 2 heterocycles. The third-order valence-electron chi connectivity index (χ3n) is 5.85. The second-order valence-corrected chi connectivity index (χ2v) is 10.1. The number of aromatic nitrogens is 4. The van der Waals surface area contributed by atoms with E-state index in [1.165, 1.54) is 16.4 Å². The van der Waals surface area contributed by atoms with Crippen molar-refractivity contribution in [1.29, 1.82) is 0 Å². The molecule has 2 aromatic heterocycles. The van der Waals surface area contributed by atoms with Crippen LogP contribution in [0.5, 0.6) is 5.75 Å². The van der Waals surface area contributed by atoms with E-state index in [2.05, 4.69) is 22.0 Å². The molecule has 0 fully saturated rings. The number of unbranched alkanes of at least 4 members (excludes halogenated alkanes) is 3. The molecule has 3 aromatic rings. The number of aryl methyl sites for hydroxylation is 2. The summed E-state index contributed by atoms with van der Waals surface area (Å²) in [5, 5.41) is 4.69. The van der Waals surface area contributed by atoms with E-state index >= 15 is 0 Å². The van der Waals surface area contributed by atoms with E-state index in [0.717, 1.165) is 31.5 Å². The molecule has 0 aliphatic carbocycles. The van der Waals surface area contributed by atoms with Crippen LogP contribution in [-0.4, -0.2) is 52.0 Å². The summed E-state index contributed by atoms with van der Waals surface area (Å²) in [5.41, 5.74) is 1.11. The minimum absolute atomic E-state index is 0.124. The number of hydrogen-bond acceptors (Lipinski definition) is 6. The van der Waals surface area contributed by atoms with Gasteiger partial charge in [-0.05, 0) is 38.5 Å². The fourth-order valence-electron chi connectivity index (χ4n) is 4.08. The number of nitrogens with one attached hydrogen (secondary N) is 1. The molecule has 0 amide bonds. The van der Waals surface area contributed by atoms with Crippen LogP contribution in [-0.2, 0) is 16.4 Å². The number of hydrogen-bond donors (Lipinski definition) is 1. The molecule has 10 heteroatoms. The first-order valence-electron chi connectivity index (χ1n) is 12.0. The Morgan fingerprint density at radius 3 is 2.47 bits per heavy atom. The van der Waals surface area contributed by atoms with Crippen LogP contribution in [0.3, 0.4) is 0 Å². The van der Waals surface area contributed by atoms with Crippen LogP contribution >= 0.6 is 0 Å². The van der Waals surface area contributed by atoms with Crippen LogP contribution in [0.1, 0.15) is 64.9 Å². The molecule has 0 aliphatic heterocycles. The predicted molar refractivity (Wildman–Crippen MR) is 133 cm³/mol. The van der Waals surface area contributed by atoms with E-state index in [4.69, 9.17) is 4.74 Å². The molecule has 0 atom stereocenters. The molecule has 1 aromatic carbocycles. The number of rotatable bonds is 12. The average Bonchev–Trinajstić information content (AvgIpc) is 3.13. The quantitative estimate of drug-likeness (QED) is 0.386. The van der Waals surface area contributed by atoms with Gasteiger partial charge in [0.05, 0.1) is 22.8 Å². The standard InChI is InChI=1S/C24H35N5O4S/c1-6-10-11-12-13-21-25-17(5)22-24(30)26-23(27-29(21)22)19-16-18(14-15-20(19)33-9-4)34(31,32)28(7-2)8-3/h14-16H,6-13H2,1-5H3,(H,26,27,30). The largest absolute Gasteiger partial charge is 0.493 e. The van der Waals surface area contributed by atoms with E-state index in [0.29, 0.717) is 48.6 Å². The highest BCUT2D eigenvalue weighted by molar-refractivity contribution is 7.89. The summed E-state index contributed by atoms with van der Waals surface area (Å²) in [5.74, 6) is 1.41. The summed E-state index contributed by atoms with van der Waals surface area (Å²) >= 11 is 0. The van der Waals surface area contributed by atoms with E-state index < -0.39 is 10.0 Å². The molecule has 0 spiro atoms. The highest BCUT2D eigenvalue weighted by Gasteiger charge is 2.24. The summed E-state index contributed by atoms with van der Waals surface area (Å²) in [6, 6.07) is 4.66. The van der Waals surface area contributed by atoms with Crippen LogP contribution < -0.4 is 10.3 Å². The van der Waals surface area contributed by atoms with Crippen molar-refractivity contribution < 1.29 is 13.2 Å². The molecule has 186 valence electrons. The molecule has 0 saturated heterocycles. The van der Waals surface area contributed by atoms with Crippen molar-refractivity contribution in [2.45, 2.75) is 71.6 Å². The predicted octanol–water partition coefficient (Wildman–Crippen LogP) is 3.95. The van der Waals surface area contributed by atoms with Gasteiger partial charge < -0.3 is 9.72 Å². The van der Waals surface area contributed by atoms with Crippen LogP contribution in [0, 0.1) is 6.92 Å². The molecule has 0 unspecified atom stereocenters. The fraction of sp³-hybridized carbons (Fsp3) is 0.542. The Morgan fingerprint density at radius 2 is 1.82 bits per heavy atom. The lowest BCUT2D eigenvalue weighted by molar-refractivity contribution is 0.341. The molecule has 34 heavy (non-hydrogen) atoms. The second kappa shape index (κ2) is 11.1. The van der Waals surface area contributed by atoms with E-state index in [1.807, 2.05) is 6.92 Å². The van der Waals surface area contributed by atoms with E-state index in [1.54, 1.807) is 31.4 Å². The van der Waals surface area contributed by atoms with Gasteiger partial charge in [-0.25, -0.2) is 17.9 Å². The summed E-state index contributed by atoms with van der Waals surface area (Å²) < 4.78 is 35.0. The van der Waals surface area contributed by atoms with Crippen molar-refractivity contribution in [3.05, 3.63) is 40.1 Å². The zero-order chi connectivity index (χ0) is 24.9. The van der Waals surface area contributed by atoms with Gasteiger partial charge in [-0.3, -0.25) is 4.79 Å². The highest BCUT2D eigenvalue weighted by Crippen LogP contribution is 2.31. The van der Waals surface area contributed by atoms with Crippen LogP contribution in [0.2, 0.25) is 0 Å². The highest BCUT2D eigenvalue weighted by atomic mass is 32.2. The summed E-state index contributed by atoms with van der Waals surface area (Å²) in [6.45, 7) is 10.5. The Balaban J connectivity index is 2.16. The maximum atomic E-state index is 13.1. The van der Waals surface area contributed by atoms with Gasteiger partial charge in [-0.2, -0.15) is 4.31 Å². The van der Waals surface area contributed by atoms with Gasteiger partial charge in [0.25, 0.3) is 5.56 Å². The van der Waals surface area contributed by atoms with Gasteiger partial charge in [-0.15, -0.1) is 5.10 Å². The van der Waals surface area contributed by atoms with Gasteiger partial charge in [0.15, 0.2) is 11.3 Å². The van der Waals surface area contributed by atoms with Gasteiger partial charge >= 0.3 is 0 Å². The van der Waals surface area contributed by atoms with Crippen molar-refractivity contribution in [2.75, 3.05) is 19.7 Å². The summed E-state index contributed by atoms with van der Waals surface area (Å²) in [4.78, 5) is 20.5. The smallest absolute Gasteiger partial charge is 0.277 e. The number of nitrogens with zero attached hydrogens (tertiary/aromatic N) is 4. The Hall–Kier alpha value is -2.72. The van der Waals surface area contributed by atoms with Gasteiger partial charge in [0, 0.05) is 19.5 Å². The average molecular weight is 490 g/mol. The second-order valence-electron chi connectivity index (χ2n) is 8.17. The molecular weight excluding hydrogens is 454 g/mol. The Bertz CT molecular complexity index is 1290. The lowest BCUT2D eigenvalue weighted by Gasteiger charge is -2.19. The molecule has 1 N–H and O–H groups in total. The number of aromatic amines is 1. The molecule has 0 aliphatic rings. The summed E-state index contributed by atoms with van der Waals surface area (Å²) in [7, 11) is -3.70. The lowest BCUT2D eigenvalue weighted by atomic mass is 10.1. The monoisotopic (exact) mass is 489 g/mol. The number of imidazole rings is 1. The minimum Gasteiger partial charge on any atom is -0.493 e. The maximum Gasteiger partial charge on any atom is 0.277 e. The fourth-order valence-corrected chi connectivity index (χ4v) is 5.56. The van der Waals surface area contributed by atoms with Crippen LogP contribution in [0.4, 0.5) is 0 Å². The van der Waals surface area contributed by atoms with Crippen molar-refractivity contribution >= 4 is 15.5 Å². The van der Waals surface area contributed by atoms with Crippen molar-refractivity contribution in [1.82, 2.24) is 23.9 Å². The molecule has 0 bridgehead atoms. The molecule has 3 rings (SSSR count). The number of sulfonamides is 1. The molecule has 0 saturated carbocycles. The Morgan fingerprint density at radius 1 is 1.09 bits per heavy atom. The van der Waals surface area contributed by atoms with Gasteiger partial charge in [0.2, 0.25) is 10.0 Å². The molecule has 9 nitrogen and oxygen atoms in total. The zero-order valence-electron chi connectivity index (χ0n) is 20.7. The number of ether oxygens (including phenoxy) is 1. The number of fused-ring (bicyclic) bond motifs is 1. The van der Waals surface area contributed by atoms with Crippen molar-refractivity contribution in [2.24, 2.45) is 0 Å². The number of benzene rings is 1. The topological polar surface area (TPSA) is 110 Å². The number of H-pyrrole nitrogens is 1. The first-order chi connectivity index (χ1) is 16.3. The third kappa shape index (κ3) is 5.17. The van der Waals surface area contributed by atoms with Crippen LogP contribution in [0.25, 0.3) is 16.9 Å². The van der Waals surface area contributed by atoms with Crippen molar-refractivity contribution in [3.63, 3.8) is 0 Å². The normalized spacial score (nSPS) is 12.1. The van der Waals surface area contributed by atoms with E-state index in [9.17, 15) is 13.2 Å². The summed E-state index contributed by atoms with van der Waals surface area (Å²) in [6.07, 6.45) is 5.03. The first-order valence-corrected chi connectivity index (χ1v) is 13.5. The van der Waals surface area contributed by atoms with Gasteiger partial charge in [0.1, 0.15) is 11.6 Å². The maximum absolute atomic E-state index is 13.1. The molecule has 0 radical (unpaired) electrons.